The number of aliphatic hydroxyl groups is 1. The summed E-state index contributed by atoms with van der Waals surface area (Å²) in [6.07, 6.45) is 4.68. The quantitative estimate of drug-likeness (QED) is 0.601. The topological polar surface area (TPSA) is 63.3 Å². The predicted octanol–water partition coefficient (Wildman–Crippen LogP) is -0.383. The SMILES string of the molecule is OCc1cnc2ncnn2c1. The summed E-state index contributed by atoms with van der Waals surface area (Å²) in [5.41, 5.74) is 0.725. The standard InChI is InChI=1S/C6H6N4O/c11-3-5-1-7-6-8-4-9-10(6)2-5/h1-2,4,11H,3H2. The first-order valence-electron chi connectivity index (χ1n) is 3.15. The third-order valence-corrected chi connectivity index (χ3v) is 1.37. The van der Waals surface area contributed by atoms with E-state index in [1.807, 2.05) is 0 Å². The summed E-state index contributed by atoms with van der Waals surface area (Å²) in [4.78, 5) is 7.79. The molecule has 0 radical (unpaired) electrons. The lowest BCUT2D eigenvalue weighted by Crippen LogP contribution is -1.94. The number of nitrogens with zero attached hydrogens (tertiary/aromatic N) is 4. The van der Waals surface area contributed by atoms with Crippen molar-refractivity contribution in [3.05, 3.63) is 24.3 Å². The molecule has 0 saturated carbocycles. The van der Waals surface area contributed by atoms with Crippen molar-refractivity contribution in [2.24, 2.45) is 0 Å². The Labute approximate surface area is 62.3 Å². The molecule has 0 aliphatic heterocycles. The second kappa shape index (κ2) is 2.28. The first-order chi connectivity index (χ1) is 5.40. The van der Waals surface area contributed by atoms with Crippen LogP contribution in [0.4, 0.5) is 0 Å². The summed E-state index contributed by atoms with van der Waals surface area (Å²) >= 11 is 0. The monoisotopic (exact) mass is 150 g/mol. The molecule has 0 spiro atoms. The highest BCUT2D eigenvalue weighted by Gasteiger charge is 1.96. The fourth-order valence-electron chi connectivity index (χ4n) is 0.840. The third-order valence-electron chi connectivity index (χ3n) is 1.37. The molecule has 0 bridgehead atoms. The van der Waals surface area contributed by atoms with Crippen LogP contribution in [-0.4, -0.2) is 24.7 Å². The van der Waals surface area contributed by atoms with Gasteiger partial charge in [0.15, 0.2) is 0 Å². The lowest BCUT2D eigenvalue weighted by Gasteiger charge is -1.93. The zero-order valence-corrected chi connectivity index (χ0v) is 5.68. The van der Waals surface area contributed by atoms with Gasteiger partial charge in [0.1, 0.15) is 6.33 Å². The lowest BCUT2D eigenvalue weighted by atomic mass is 10.4. The normalized spacial score (nSPS) is 10.6. The fraction of sp³-hybridized carbons (Fsp3) is 0.167. The molecule has 2 heterocycles. The molecule has 2 aromatic rings. The van der Waals surface area contributed by atoms with E-state index in [0.29, 0.717) is 5.78 Å². The molecular formula is C6H6N4O. The van der Waals surface area contributed by atoms with Crippen molar-refractivity contribution in [3.8, 4) is 0 Å². The van der Waals surface area contributed by atoms with Crippen LogP contribution in [0.2, 0.25) is 0 Å². The van der Waals surface area contributed by atoms with Gasteiger partial charge in [-0.2, -0.15) is 10.1 Å². The molecule has 0 fully saturated rings. The van der Waals surface area contributed by atoms with Crippen molar-refractivity contribution in [1.29, 1.82) is 0 Å². The minimum Gasteiger partial charge on any atom is -0.392 e. The summed E-state index contributed by atoms with van der Waals surface area (Å²) in [7, 11) is 0. The van der Waals surface area contributed by atoms with Crippen LogP contribution in [0.25, 0.3) is 5.78 Å². The van der Waals surface area contributed by atoms with Crippen molar-refractivity contribution in [2.45, 2.75) is 6.61 Å². The first kappa shape index (κ1) is 6.23. The van der Waals surface area contributed by atoms with E-state index in [-0.39, 0.29) is 6.61 Å². The van der Waals surface area contributed by atoms with Crippen LogP contribution in [0.1, 0.15) is 5.56 Å². The van der Waals surface area contributed by atoms with E-state index in [0.717, 1.165) is 5.56 Å². The maximum absolute atomic E-state index is 8.73. The van der Waals surface area contributed by atoms with Crippen LogP contribution < -0.4 is 0 Å². The van der Waals surface area contributed by atoms with Gasteiger partial charge < -0.3 is 5.11 Å². The Balaban J connectivity index is 2.67. The second-order valence-corrected chi connectivity index (χ2v) is 2.12. The molecule has 0 atom stereocenters. The number of aliphatic hydroxyl groups excluding tert-OH is 1. The van der Waals surface area contributed by atoms with E-state index < -0.39 is 0 Å². The van der Waals surface area contributed by atoms with Crippen LogP contribution in [0.15, 0.2) is 18.7 Å². The first-order valence-corrected chi connectivity index (χ1v) is 3.15. The minimum absolute atomic E-state index is 0.0250. The molecule has 0 unspecified atom stereocenters. The van der Waals surface area contributed by atoms with Crippen LogP contribution in [-0.2, 0) is 6.61 Å². The summed E-state index contributed by atoms with van der Waals surface area (Å²) in [5, 5.41) is 12.6. The Kier molecular flexibility index (Phi) is 1.29. The third kappa shape index (κ3) is 0.947. The highest BCUT2D eigenvalue weighted by Crippen LogP contribution is 1.97. The number of fused-ring (bicyclic) bond motifs is 1. The lowest BCUT2D eigenvalue weighted by molar-refractivity contribution is 0.280. The van der Waals surface area contributed by atoms with Crippen molar-refractivity contribution in [2.75, 3.05) is 0 Å². The number of hydrogen-bond donors (Lipinski definition) is 1. The average molecular weight is 150 g/mol. The number of hydrogen-bond acceptors (Lipinski definition) is 4. The van der Waals surface area contributed by atoms with E-state index in [4.69, 9.17) is 5.11 Å². The molecular weight excluding hydrogens is 144 g/mol. The van der Waals surface area contributed by atoms with E-state index in [2.05, 4.69) is 15.1 Å². The maximum Gasteiger partial charge on any atom is 0.252 e. The van der Waals surface area contributed by atoms with Crippen molar-refractivity contribution < 1.29 is 5.11 Å². The Hall–Kier alpha value is -1.49. The Morgan fingerprint density at radius 2 is 2.36 bits per heavy atom. The van der Waals surface area contributed by atoms with E-state index >= 15 is 0 Å². The zero-order valence-electron chi connectivity index (χ0n) is 5.68. The summed E-state index contributed by atoms with van der Waals surface area (Å²) in [6, 6.07) is 0. The Morgan fingerprint density at radius 1 is 1.45 bits per heavy atom. The van der Waals surface area contributed by atoms with Gasteiger partial charge in [-0.15, -0.1) is 0 Å². The highest BCUT2D eigenvalue weighted by atomic mass is 16.3. The molecule has 0 saturated heterocycles. The molecule has 2 aromatic heterocycles. The van der Waals surface area contributed by atoms with Crippen molar-refractivity contribution in [1.82, 2.24) is 19.6 Å². The summed E-state index contributed by atoms with van der Waals surface area (Å²) in [6.45, 7) is -0.0250. The van der Waals surface area contributed by atoms with Crippen LogP contribution in [0.3, 0.4) is 0 Å². The maximum atomic E-state index is 8.73. The van der Waals surface area contributed by atoms with Crippen LogP contribution in [0, 0.1) is 0 Å². The van der Waals surface area contributed by atoms with E-state index in [1.54, 1.807) is 12.4 Å². The average Bonchev–Trinajstić information content (AvgIpc) is 2.50. The highest BCUT2D eigenvalue weighted by molar-refractivity contribution is 5.25. The Morgan fingerprint density at radius 3 is 3.18 bits per heavy atom. The summed E-state index contributed by atoms with van der Waals surface area (Å²) < 4.78 is 1.52. The van der Waals surface area contributed by atoms with E-state index in [9.17, 15) is 0 Å². The molecule has 5 heteroatoms. The van der Waals surface area contributed by atoms with Gasteiger partial charge in [-0.25, -0.2) is 9.50 Å². The molecule has 2 rings (SSSR count). The largest absolute Gasteiger partial charge is 0.392 e. The van der Waals surface area contributed by atoms with Crippen LogP contribution >= 0.6 is 0 Å². The smallest absolute Gasteiger partial charge is 0.252 e. The molecule has 11 heavy (non-hydrogen) atoms. The molecule has 0 amide bonds. The molecule has 1 N–H and O–H groups in total. The van der Waals surface area contributed by atoms with Gasteiger partial charge in [0.25, 0.3) is 5.78 Å². The zero-order chi connectivity index (χ0) is 7.68. The van der Waals surface area contributed by atoms with Gasteiger partial charge in [-0.05, 0) is 0 Å². The molecule has 0 aliphatic carbocycles. The van der Waals surface area contributed by atoms with Gasteiger partial charge in [-0.3, -0.25) is 0 Å². The Bertz CT molecular complexity index is 369. The van der Waals surface area contributed by atoms with E-state index in [1.165, 1.54) is 10.8 Å². The number of rotatable bonds is 1. The van der Waals surface area contributed by atoms with Gasteiger partial charge in [0.05, 0.1) is 6.61 Å². The van der Waals surface area contributed by atoms with Gasteiger partial charge >= 0.3 is 0 Å². The molecule has 0 aromatic carbocycles. The molecule has 0 aliphatic rings. The predicted molar refractivity (Wildman–Crippen MR) is 36.7 cm³/mol. The van der Waals surface area contributed by atoms with Gasteiger partial charge in [0.2, 0.25) is 0 Å². The summed E-state index contributed by atoms with van der Waals surface area (Å²) in [5.74, 6) is 0.544. The van der Waals surface area contributed by atoms with Gasteiger partial charge in [0, 0.05) is 18.0 Å². The second-order valence-electron chi connectivity index (χ2n) is 2.12. The number of aromatic nitrogens is 4. The van der Waals surface area contributed by atoms with Crippen LogP contribution in [0.5, 0.6) is 0 Å². The van der Waals surface area contributed by atoms with Gasteiger partial charge in [-0.1, -0.05) is 0 Å². The van der Waals surface area contributed by atoms with Crippen molar-refractivity contribution in [3.63, 3.8) is 0 Å². The molecule has 56 valence electrons. The molecule has 5 nitrogen and oxygen atoms in total. The minimum atomic E-state index is -0.0250. The fourth-order valence-corrected chi connectivity index (χ4v) is 0.840. The van der Waals surface area contributed by atoms with Crippen molar-refractivity contribution >= 4 is 5.78 Å².